The van der Waals surface area contributed by atoms with Crippen LogP contribution in [0.3, 0.4) is 0 Å². The van der Waals surface area contributed by atoms with Crippen LogP contribution in [0.1, 0.15) is 54.4 Å². The highest BCUT2D eigenvalue weighted by atomic mass is 15.3. The summed E-state index contributed by atoms with van der Waals surface area (Å²) in [6.45, 7) is 23.5. The lowest BCUT2D eigenvalue weighted by Crippen LogP contribution is -2.45. The maximum absolute atomic E-state index is 2.74. The van der Waals surface area contributed by atoms with Crippen LogP contribution in [0, 0.1) is 23.2 Å². The Morgan fingerprint density at radius 3 is 1.70 bits per heavy atom. The molecule has 134 valence electrons. The van der Waals surface area contributed by atoms with E-state index < -0.39 is 0 Å². The minimum atomic E-state index is 0.351. The summed E-state index contributed by atoms with van der Waals surface area (Å²) in [5.41, 5.74) is 0.844. The van der Waals surface area contributed by atoms with E-state index in [4.69, 9.17) is 0 Å². The lowest BCUT2D eigenvalue weighted by Gasteiger charge is -2.40. The van der Waals surface area contributed by atoms with Crippen molar-refractivity contribution < 1.29 is 0 Å². The van der Waals surface area contributed by atoms with Crippen molar-refractivity contribution in [2.45, 2.75) is 59.9 Å². The second-order valence-corrected chi connectivity index (χ2v) is 10.5. The van der Waals surface area contributed by atoms with E-state index in [0.29, 0.717) is 11.0 Å². The van der Waals surface area contributed by atoms with Gasteiger partial charge in [-0.3, -0.25) is 14.7 Å². The van der Waals surface area contributed by atoms with Gasteiger partial charge >= 0.3 is 0 Å². The molecule has 0 aromatic rings. The van der Waals surface area contributed by atoms with Gasteiger partial charge in [0.1, 0.15) is 0 Å². The van der Waals surface area contributed by atoms with Gasteiger partial charge in [0.25, 0.3) is 0 Å². The number of likely N-dealkylation sites (tertiary alicyclic amines) is 3. The average molecular weight is 322 g/mol. The number of hydrogen-bond donors (Lipinski definition) is 0. The van der Waals surface area contributed by atoms with Crippen LogP contribution in [0.25, 0.3) is 0 Å². The molecule has 0 amide bonds. The summed E-state index contributed by atoms with van der Waals surface area (Å²) >= 11 is 0. The Hall–Kier alpha value is -0.120. The molecule has 0 aromatic heterocycles. The Balaban J connectivity index is 1.43. The van der Waals surface area contributed by atoms with Crippen molar-refractivity contribution in [2.75, 3.05) is 45.9 Å². The van der Waals surface area contributed by atoms with Crippen molar-refractivity contribution in [3.63, 3.8) is 0 Å². The zero-order valence-electron chi connectivity index (χ0n) is 16.4. The third-order valence-electron chi connectivity index (χ3n) is 6.72. The molecule has 0 aromatic carbocycles. The summed E-state index contributed by atoms with van der Waals surface area (Å²) in [5, 5.41) is 0. The molecule has 3 aliphatic rings. The Morgan fingerprint density at radius 1 is 0.739 bits per heavy atom. The van der Waals surface area contributed by atoms with Crippen molar-refractivity contribution in [2.24, 2.45) is 23.2 Å². The first-order chi connectivity index (χ1) is 10.6. The normalized spacial score (nSPS) is 32.6. The average Bonchev–Trinajstić information content (AvgIpc) is 2.95. The molecule has 3 rings (SSSR count). The summed E-state index contributed by atoms with van der Waals surface area (Å²) in [5.74, 6) is 2.75. The zero-order chi connectivity index (χ0) is 16.8. The molecule has 3 heterocycles. The van der Waals surface area contributed by atoms with E-state index in [-0.39, 0.29) is 0 Å². The second kappa shape index (κ2) is 6.31. The Morgan fingerprint density at radius 2 is 1.26 bits per heavy atom. The minimum Gasteiger partial charge on any atom is -0.298 e. The highest BCUT2D eigenvalue weighted by Crippen LogP contribution is 2.36. The number of rotatable bonds is 2. The molecule has 0 bridgehead atoms. The molecular formula is C20H39N3. The maximum Gasteiger partial charge on any atom is 0.0506 e. The molecule has 0 spiro atoms. The lowest BCUT2D eigenvalue weighted by molar-refractivity contribution is 0.0663. The molecule has 3 fully saturated rings. The predicted molar refractivity (Wildman–Crippen MR) is 98.5 cm³/mol. The van der Waals surface area contributed by atoms with Crippen molar-refractivity contribution >= 4 is 0 Å². The van der Waals surface area contributed by atoms with Crippen LogP contribution in [0.5, 0.6) is 0 Å². The number of hydrogen-bond acceptors (Lipinski definition) is 3. The summed E-state index contributed by atoms with van der Waals surface area (Å²) in [6, 6.07) is 0. The van der Waals surface area contributed by atoms with Gasteiger partial charge < -0.3 is 0 Å². The van der Waals surface area contributed by atoms with Crippen molar-refractivity contribution in [1.29, 1.82) is 0 Å². The standard InChI is InChI=1S/C20H39N3/c1-19(2,3)18-7-9-21(10-8-18)15-22-11-16-13-23(20(4,5)6)14-17(16)12-22/h16-18H,7-15H2,1-6H3. The van der Waals surface area contributed by atoms with Crippen molar-refractivity contribution in [3.8, 4) is 0 Å². The molecule has 0 N–H and O–H groups in total. The van der Waals surface area contributed by atoms with E-state index in [9.17, 15) is 0 Å². The van der Waals surface area contributed by atoms with E-state index in [0.717, 1.165) is 17.8 Å². The molecule has 0 radical (unpaired) electrons. The first kappa shape index (κ1) is 17.7. The van der Waals surface area contributed by atoms with Crippen LogP contribution in [0.2, 0.25) is 0 Å². The smallest absolute Gasteiger partial charge is 0.0506 e. The molecule has 2 atom stereocenters. The molecular weight excluding hydrogens is 282 g/mol. The molecule has 3 saturated heterocycles. The molecule has 0 aliphatic carbocycles. The quantitative estimate of drug-likeness (QED) is 0.772. The molecule has 2 unspecified atom stereocenters. The van der Waals surface area contributed by atoms with E-state index in [1.54, 1.807) is 0 Å². The summed E-state index contributed by atoms with van der Waals surface area (Å²) in [7, 11) is 0. The molecule has 0 saturated carbocycles. The summed E-state index contributed by atoms with van der Waals surface area (Å²) < 4.78 is 0. The van der Waals surface area contributed by atoms with Gasteiger partial charge in [-0.2, -0.15) is 0 Å². The molecule has 3 heteroatoms. The van der Waals surface area contributed by atoms with E-state index in [1.165, 1.54) is 58.8 Å². The van der Waals surface area contributed by atoms with Crippen molar-refractivity contribution in [3.05, 3.63) is 0 Å². The van der Waals surface area contributed by atoms with Gasteiger partial charge in [-0.15, -0.1) is 0 Å². The zero-order valence-corrected chi connectivity index (χ0v) is 16.4. The Bertz CT molecular complexity index is 384. The van der Waals surface area contributed by atoms with E-state index in [2.05, 4.69) is 56.2 Å². The number of nitrogens with zero attached hydrogens (tertiary/aromatic N) is 3. The molecule has 3 nitrogen and oxygen atoms in total. The number of piperidine rings is 1. The molecule has 23 heavy (non-hydrogen) atoms. The fourth-order valence-electron chi connectivity index (χ4n) is 4.98. The SMILES string of the molecule is CC(C)(C)C1CCN(CN2CC3CN(C(C)(C)C)CC3C2)CC1. The largest absolute Gasteiger partial charge is 0.298 e. The van der Waals surface area contributed by atoms with Gasteiger partial charge in [0, 0.05) is 31.7 Å². The monoisotopic (exact) mass is 321 g/mol. The van der Waals surface area contributed by atoms with Gasteiger partial charge in [-0.1, -0.05) is 20.8 Å². The Kier molecular flexibility index (Phi) is 4.85. The fraction of sp³-hybridized carbons (Fsp3) is 1.00. The van der Waals surface area contributed by atoms with Gasteiger partial charge in [0.15, 0.2) is 0 Å². The number of fused-ring (bicyclic) bond motifs is 1. The second-order valence-electron chi connectivity index (χ2n) is 10.5. The van der Waals surface area contributed by atoms with Crippen LogP contribution >= 0.6 is 0 Å². The van der Waals surface area contributed by atoms with Crippen molar-refractivity contribution in [1.82, 2.24) is 14.7 Å². The van der Waals surface area contributed by atoms with Gasteiger partial charge in [-0.05, 0) is 69.9 Å². The van der Waals surface area contributed by atoms with E-state index in [1.807, 2.05) is 0 Å². The lowest BCUT2D eigenvalue weighted by atomic mass is 9.75. The van der Waals surface area contributed by atoms with Crippen LogP contribution in [0.4, 0.5) is 0 Å². The Labute approximate surface area is 144 Å². The summed E-state index contributed by atoms with van der Waals surface area (Å²) in [6.07, 6.45) is 2.78. The highest BCUT2D eigenvalue weighted by molar-refractivity contribution is 4.96. The first-order valence-electron chi connectivity index (χ1n) is 9.82. The third kappa shape index (κ3) is 4.11. The first-order valence-corrected chi connectivity index (χ1v) is 9.82. The van der Waals surface area contributed by atoms with E-state index >= 15 is 0 Å². The van der Waals surface area contributed by atoms with Crippen LogP contribution in [-0.4, -0.2) is 66.2 Å². The van der Waals surface area contributed by atoms with Crippen LogP contribution in [0.15, 0.2) is 0 Å². The van der Waals surface area contributed by atoms with Gasteiger partial charge in [0.05, 0.1) is 6.67 Å². The van der Waals surface area contributed by atoms with Gasteiger partial charge in [0.2, 0.25) is 0 Å². The maximum atomic E-state index is 2.74. The summed E-state index contributed by atoms with van der Waals surface area (Å²) in [4.78, 5) is 8.16. The highest BCUT2D eigenvalue weighted by Gasteiger charge is 2.43. The minimum absolute atomic E-state index is 0.351. The predicted octanol–water partition coefficient (Wildman–Crippen LogP) is 3.36. The van der Waals surface area contributed by atoms with Crippen LogP contribution in [-0.2, 0) is 0 Å². The van der Waals surface area contributed by atoms with Gasteiger partial charge in [-0.25, -0.2) is 0 Å². The fourth-order valence-corrected chi connectivity index (χ4v) is 4.98. The molecule has 3 aliphatic heterocycles. The third-order valence-corrected chi connectivity index (χ3v) is 6.72. The topological polar surface area (TPSA) is 9.72 Å². The van der Waals surface area contributed by atoms with Crippen LogP contribution < -0.4 is 0 Å².